The van der Waals surface area contributed by atoms with Crippen molar-refractivity contribution >= 4 is 29.9 Å². The van der Waals surface area contributed by atoms with E-state index in [1.807, 2.05) is 13.0 Å². The number of nitrogens with one attached hydrogen (secondary N) is 2. The highest BCUT2D eigenvalue weighted by Crippen LogP contribution is 2.21. The molecule has 0 spiro atoms. The van der Waals surface area contributed by atoms with Crippen LogP contribution in [0.4, 0.5) is 8.78 Å². The van der Waals surface area contributed by atoms with Gasteiger partial charge < -0.3 is 20.1 Å². The van der Waals surface area contributed by atoms with E-state index in [1.165, 1.54) is 0 Å². The third kappa shape index (κ3) is 9.33. The molecule has 1 heterocycles. The number of benzene rings is 1. The van der Waals surface area contributed by atoms with Crippen LogP contribution in [0.5, 0.6) is 5.75 Å². The molecule has 0 atom stereocenters. The summed E-state index contributed by atoms with van der Waals surface area (Å²) >= 11 is 0. The highest BCUT2D eigenvalue weighted by atomic mass is 127. The Morgan fingerprint density at radius 1 is 1.25 bits per heavy atom. The minimum atomic E-state index is -2.84. The van der Waals surface area contributed by atoms with E-state index >= 15 is 0 Å². The van der Waals surface area contributed by atoms with Crippen molar-refractivity contribution in [2.75, 3.05) is 46.4 Å². The first-order valence-electron chi connectivity index (χ1n) is 9.37. The molecule has 0 unspecified atom stereocenters. The van der Waals surface area contributed by atoms with E-state index in [0.717, 1.165) is 57.8 Å². The minimum Gasteiger partial charge on any atom is -0.434 e. The van der Waals surface area contributed by atoms with E-state index in [2.05, 4.69) is 25.3 Å². The zero-order valence-electron chi connectivity index (χ0n) is 16.5. The zero-order valence-corrected chi connectivity index (χ0v) is 18.9. The van der Waals surface area contributed by atoms with Gasteiger partial charge in [0.05, 0.1) is 13.2 Å². The second-order valence-corrected chi connectivity index (χ2v) is 6.50. The topological polar surface area (TPSA) is 58.1 Å². The number of ether oxygens (including phenoxy) is 2. The lowest BCUT2D eigenvalue weighted by atomic mass is 10.1. The minimum absolute atomic E-state index is 0. The van der Waals surface area contributed by atoms with Crippen molar-refractivity contribution in [3.63, 3.8) is 0 Å². The van der Waals surface area contributed by atoms with Gasteiger partial charge in [0, 0.05) is 38.8 Å². The Balaban J connectivity index is 0.00000392. The number of aryl methyl sites for hydroxylation is 1. The molecule has 2 N–H and O–H groups in total. The van der Waals surface area contributed by atoms with E-state index in [0.29, 0.717) is 18.1 Å². The molecule has 1 fully saturated rings. The van der Waals surface area contributed by atoms with Crippen LogP contribution in [-0.2, 0) is 11.3 Å². The lowest BCUT2D eigenvalue weighted by Crippen LogP contribution is -2.38. The summed E-state index contributed by atoms with van der Waals surface area (Å²) in [4.78, 5) is 6.60. The Hall–Kier alpha value is -1.20. The second-order valence-electron chi connectivity index (χ2n) is 6.50. The number of aliphatic imine (C=N–C) groups is 1. The second kappa shape index (κ2) is 13.9. The monoisotopic (exact) mass is 512 g/mol. The number of hydrogen-bond acceptors (Lipinski definition) is 4. The fourth-order valence-corrected chi connectivity index (χ4v) is 2.95. The molecule has 160 valence electrons. The van der Waals surface area contributed by atoms with E-state index in [9.17, 15) is 8.78 Å². The first-order valence-corrected chi connectivity index (χ1v) is 9.37. The van der Waals surface area contributed by atoms with E-state index in [-0.39, 0.29) is 29.7 Å². The fraction of sp³-hybridized carbons (Fsp3) is 0.632. The SMILES string of the molecule is CN=C(NCCCCN1CCOCC1)NCc1cc(C)ccc1OC(F)F.I. The molecular formula is C19H31F2IN4O2. The number of halogens is 3. The van der Waals surface area contributed by atoms with Gasteiger partial charge in [-0.15, -0.1) is 24.0 Å². The van der Waals surface area contributed by atoms with Crippen LogP contribution in [-0.4, -0.2) is 63.9 Å². The van der Waals surface area contributed by atoms with Crippen LogP contribution in [0, 0.1) is 6.92 Å². The number of nitrogens with zero attached hydrogens (tertiary/aromatic N) is 2. The van der Waals surface area contributed by atoms with Crippen LogP contribution in [0.1, 0.15) is 24.0 Å². The molecule has 0 amide bonds. The number of hydrogen-bond donors (Lipinski definition) is 2. The molecule has 0 radical (unpaired) electrons. The van der Waals surface area contributed by atoms with Gasteiger partial charge in [-0.3, -0.25) is 9.89 Å². The molecule has 6 nitrogen and oxygen atoms in total. The molecule has 2 rings (SSSR count). The predicted octanol–water partition coefficient (Wildman–Crippen LogP) is 2.99. The first-order chi connectivity index (χ1) is 13.1. The Labute approximate surface area is 183 Å². The molecule has 1 aliphatic heterocycles. The molecule has 28 heavy (non-hydrogen) atoms. The van der Waals surface area contributed by atoms with E-state index in [4.69, 9.17) is 4.74 Å². The highest BCUT2D eigenvalue weighted by molar-refractivity contribution is 14.0. The zero-order chi connectivity index (χ0) is 19.5. The van der Waals surface area contributed by atoms with Crippen molar-refractivity contribution in [2.24, 2.45) is 4.99 Å². The molecule has 1 saturated heterocycles. The largest absolute Gasteiger partial charge is 0.434 e. The summed E-state index contributed by atoms with van der Waals surface area (Å²) in [5.41, 5.74) is 1.66. The molecule has 0 aliphatic carbocycles. The molecule has 0 bridgehead atoms. The van der Waals surface area contributed by atoms with Gasteiger partial charge in [0.15, 0.2) is 5.96 Å². The van der Waals surface area contributed by atoms with E-state index < -0.39 is 6.61 Å². The molecule has 1 aromatic carbocycles. The van der Waals surface area contributed by atoms with Crippen LogP contribution >= 0.6 is 24.0 Å². The summed E-state index contributed by atoms with van der Waals surface area (Å²) in [6, 6.07) is 5.16. The Morgan fingerprint density at radius 2 is 2.00 bits per heavy atom. The lowest BCUT2D eigenvalue weighted by molar-refractivity contribution is -0.0504. The summed E-state index contributed by atoms with van der Waals surface area (Å²) in [6.45, 7) is 4.99. The smallest absolute Gasteiger partial charge is 0.387 e. The normalized spacial score (nSPS) is 15.2. The van der Waals surface area contributed by atoms with E-state index in [1.54, 1.807) is 19.2 Å². The maximum atomic E-state index is 12.6. The van der Waals surface area contributed by atoms with Crippen molar-refractivity contribution in [3.05, 3.63) is 29.3 Å². The summed E-state index contributed by atoms with van der Waals surface area (Å²) in [6.07, 6.45) is 2.14. The quantitative estimate of drug-likeness (QED) is 0.231. The average Bonchev–Trinajstić information content (AvgIpc) is 2.66. The predicted molar refractivity (Wildman–Crippen MR) is 118 cm³/mol. The Morgan fingerprint density at radius 3 is 2.68 bits per heavy atom. The number of rotatable bonds is 9. The molecular weight excluding hydrogens is 481 g/mol. The van der Waals surface area contributed by atoms with Crippen molar-refractivity contribution in [1.29, 1.82) is 0 Å². The molecule has 0 saturated carbocycles. The maximum absolute atomic E-state index is 12.6. The number of morpholine rings is 1. The highest BCUT2D eigenvalue weighted by Gasteiger charge is 2.11. The van der Waals surface area contributed by atoms with Gasteiger partial charge in [-0.2, -0.15) is 8.78 Å². The third-order valence-electron chi connectivity index (χ3n) is 4.40. The number of unbranched alkanes of at least 4 members (excludes halogenated alkanes) is 1. The fourth-order valence-electron chi connectivity index (χ4n) is 2.95. The molecule has 1 aliphatic rings. The van der Waals surface area contributed by atoms with Gasteiger partial charge >= 0.3 is 6.61 Å². The van der Waals surface area contributed by atoms with Crippen LogP contribution in [0.2, 0.25) is 0 Å². The van der Waals surface area contributed by atoms with Crippen molar-refractivity contribution < 1.29 is 18.3 Å². The van der Waals surface area contributed by atoms with Gasteiger partial charge in [-0.25, -0.2) is 0 Å². The van der Waals surface area contributed by atoms with Crippen molar-refractivity contribution in [1.82, 2.24) is 15.5 Å². The molecule has 9 heteroatoms. The lowest BCUT2D eigenvalue weighted by Gasteiger charge is -2.26. The maximum Gasteiger partial charge on any atom is 0.387 e. The van der Waals surface area contributed by atoms with Gasteiger partial charge in [0.1, 0.15) is 5.75 Å². The summed E-state index contributed by atoms with van der Waals surface area (Å²) in [5, 5.41) is 6.41. The summed E-state index contributed by atoms with van der Waals surface area (Å²) in [7, 11) is 1.69. The first kappa shape index (κ1) is 24.8. The third-order valence-corrected chi connectivity index (χ3v) is 4.40. The average molecular weight is 512 g/mol. The van der Waals surface area contributed by atoms with Crippen LogP contribution in [0.15, 0.2) is 23.2 Å². The van der Waals surface area contributed by atoms with Crippen molar-refractivity contribution in [3.8, 4) is 5.75 Å². The summed E-state index contributed by atoms with van der Waals surface area (Å²) < 4.78 is 35.0. The van der Waals surface area contributed by atoms with Crippen LogP contribution < -0.4 is 15.4 Å². The van der Waals surface area contributed by atoms with Gasteiger partial charge in [-0.05, 0) is 32.4 Å². The van der Waals surface area contributed by atoms with Gasteiger partial charge in [0.25, 0.3) is 0 Å². The number of alkyl halides is 2. The Bertz CT molecular complexity index is 599. The van der Waals surface area contributed by atoms with Crippen LogP contribution in [0.25, 0.3) is 0 Å². The Kier molecular flexibility index (Phi) is 12.3. The van der Waals surface area contributed by atoms with Crippen LogP contribution in [0.3, 0.4) is 0 Å². The van der Waals surface area contributed by atoms with Gasteiger partial charge in [0.2, 0.25) is 0 Å². The molecule has 1 aromatic rings. The number of guanidine groups is 1. The standard InChI is InChI=1S/C19H30F2N4O2.HI/c1-15-5-6-17(27-18(20)21)16(13-15)14-24-19(22-2)23-7-3-4-8-25-9-11-26-12-10-25;/h5-6,13,18H,3-4,7-12,14H2,1-2H3,(H2,22,23,24);1H. The molecule has 0 aromatic heterocycles. The summed E-state index contributed by atoms with van der Waals surface area (Å²) in [5.74, 6) is 0.829. The van der Waals surface area contributed by atoms with Gasteiger partial charge in [-0.1, -0.05) is 17.7 Å². The van der Waals surface area contributed by atoms with Crippen molar-refractivity contribution in [2.45, 2.75) is 32.9 Å².